The van der Waals surface area contributed by atoms with E-state index in [4.69, 9.17) is 0 Å². The summed E-state index contributed by atoms with van der Waals surface area (Å²) in [5.41, 5.74) is 0.760. The molecule has 71 heavy (non-hydrogen) atoms. The van der Waals surface area contributed by atoms with E-state index in [2.05, 4.69) is 23.3 Å². The minimum atomic E-state index is -5.44. The van der Waals surface area contributed by atoms with E-state index in [0.29, 0.717) is 0 Å². The van der Waals surface area contributed by atoms with Crippen LogP contribution in [0.5, 0.6) is 0 Å². The molecule has 0 aromatic heterocycles. The van der Waals surface area contributed by atoms with Gasteiger partial charge in [-0.15, -0.1) is 0 Å². The zero-order chi connectivity index (χ0) is 50.7. The van der Waals surface area contributed by atoms with E-state index in [1.807, 2.05) is 0 Å². The molecule has 2 aliphatic rings. The summed E-state index contributed by atoms with van der Waals surface area (Å²) in [7, 11) is -8.86. The van der Waals surface area contributed by atoms with Crippen LogP contribution < -0.4 is 17.2 Å². The zero-order valence-electron chi connectivity index (χ0n) is 41.7. The molecule has 0 radical (unpaired) electrons. The Morgan fingerprint density at radius 3 is 1.01 bits per heavy atom. The van der Waals surface area contributed by atoms with E-state index in [0.717, 1.165) is 86.8 Å². The standard InChI is InChI=1S/2C24H32F2NO2S.2C5H5.Ti/c2*1-2-3-4-5-6-7-8-9-10-11-12-20-13-16-22(17-14-20)30(28,29)27-24-18-15-21(25)19-23(24)26;2*1-2-4-5-3-1;/h2*13-18,27H,2-12H2,1H3;2*1-5H;. The van der Waals surface area contributed by atoms with Crippen molar-refractivity contribution in [1.82, 2.24) is 0 Å². The Bertz CT molecular complexity index is 2480. The second-order valence-electron chi connectivity index (χ2n) is 19.4. The number of allylic oxidation sites excluding steroid dienone is 8. The fourth-order valence-corrected chi connectivity index (χ4v) is 21.1. The van der Waals surface area contributed by atoms with Crippen molar-refractivity contribution in [2.45, 2.75) is 173 Å². The minimum absolute atomic E-state index is 0.133. The van der Waals surface area contributed by atoms with Crippen LogP contribution in [0.4, 0.5) is 28.9 Å². The fraction of sp³-hybridized carbons (Fsp3) is 0.448. The SMILES string of the molecule is CCCCCCCCCCCCc1ccc(S(=O)(=O)Nc2ccc(F)[c]([Ti]([c]3c(F)ccc(NS(=O)(=O)c4ccc(CCCCCCCCCCCC)cc4)c3F)([CH]3C=CC=C3)[CH]3C=CC=C3)c2F)cc1. The quantitative estimate of drug-likeness (QED) is 0.0290. The maximum absolute atomic E-state index is 17.6. The maximum atomic E-state index is 17.6. The van der Waals surface area contributed by atoms with Crippen LogP contribution in [0.25, 0.3) is 0 Å². The molecule has 6 nitrogen and oxygen atoms in total. The van der Waals surface area contributed by atoms with Crippen LogP contribution in [0.15, 0.2) is 131 Å². The third-order valence-electron chi connectivity index (χ3n) is 14.2. The van der Waals surface area contributed by atoms with Crippen molar-refractivity contribution in [2.75, 3.05) is 9.44 Å². The molecule has 0 fully saturated rings. The third kappa shape index (κ3) is 14.9. The van der Waals surface area contributed by atoms with E-state index >= 15 is 17.6 Å². The number of unbranched alkanes of at least 4 members (excludes halogenated alkanes) is 18. The van der Waals surface area contributed by atoms with Crippen molar-refractivity contribution in [3.63, 3.8) is 0 Å². The Balaban J connectivity index is 1.22. The van der Waals surface area contributed by atoms with Crippen LogP contribution in [0, 0.1) is 23.3 Å². The van der Waals surface area contributed by atoms with Gasteiger partial charge in [0.2, 0.25) is 0 Å². The molecule has 2 aliphatic carbocycles. The Hall–Kier alpha value is -4.23. The summed E-state index contributed by atoms with van der Waals surface area (Å²) in [4.78, 5) is -0.266. The van der Waals surface area contributed by atoms with Crippen LogP contribution in [0.3, 0.4) is 0 Å². The van der Waals surface area contributed by atoms with Crippen molar-refractivity contribution < 1.29 is 51.0 Å². The second kappa shape index (κ2) is 27.7. The molecule has 0 saturated carbocycles. The first kappa shape index (κ1) is 56.1. The topological polar surface area (TPSA) is 92.3 Å². The van der Waals surface area contributed by atoms with Gasteiger partial charge in [0, 0.05) is 0 Å². The van der Waals surface area contributed by atoms with Crippen molar-refractivity contribution in [2.24, 2.45) is 0 Å². The molecule has 0 saturated heterocycles. The van der Waals surface area contributed by atoms with Gasteiger partial charge < -0.3 is 0 Å². The van der Waals surface area contributed by atoms with Crippen LogP contribution >= 0.6 is 0 Å². The molecule has 6 rings (SSSR count). The van der Waals surface area contributed by atoms with E-state index in [9.17, 15) is 16.8 Å². The first-order chi connectivity index (χ1) is 34.3. The first-order valence-corrected chi connectivity index (χ1v) is 32.6. The summed E-state index contributed by atoms with van der Waals surface area (Å²) < 4.78 is 126. The van der Waals surface area contributed by atoms with Gasteiger partial charge in [-0.25, -0.2) is 0 Å². The van der Waals surface area contributed by atoms with Gasteiger partial charge in [-0.05, 0) is 0 Å². The Morgan fingerprint density at radius 2 is 0.704 bits per heavy atom. The molecule has 0 aliphatic heterocycles. The van der Waals surface area contributed by atoms with Crippen molar-refractivity contribution >= 4 is 39.2 Å². The Labute approximate surface area is 426 Å². The summed E-state index contributed by atoms with van der Waals surface area (Å²) in [6.07, 6.45) is 38.8. The van der Waals surface area contributed by atoms with Gasteiger partial charge >= 0.3 is 312 Å². The predicted molar refractivity (Wildman–Crippen MR) is 282 cm³/mol. The molecule has 2 N–H and O–H groups in total. The van der Waals surface area contributed by atoms with Crippen molar-refractivity contribution in [1.29, 1.82) is 0 Å². The number of halogens is 4. The van der Waals surface area contributed by atoms with Gasteiger partial charge in [0.25, 0.3) is 0 Å². The predicted octanol–water partition coefficient (Wildman–Crippen LogP) is 15.7. The molecule has 4 aromatic carbocycles. The van der Waals surface area contributed by atoms with Gasteiger partial charge in [0.15, 0.2) is 0 Å². The number of aryl methyl sites for hydroxylation is 2. The molecule has 4 aromatic rings. The molecule has 13 heteroatoms. The van der Waals surface area contributed by atoms with E-state index in [-0.39, 0.29) is 9.79 Å². The molecule has 0 bridgehead atoms. The molecule has 0 unspecified atom stereocenters. The van der Waals surface area contributed by atoms with Crippen molar-refractivity contribution in [3.8, 4) is 0 Å². The number of anilines is 2. The number of hydrogen-bond donors (Lipinski definition) is 2. The van der Waals surface area contributed by atoms with E-state index in [1.165, 1.54) is 114 Å². The summed E-state index contributed by atoms with van der Waals surface area (Å²) in [5.74, 6) is -4.80. The number of benzene rings is 4. The van der Waals surface area contributed by atoms with Crippen LogP contribution in [-0.4, -0.2) is 16.8 Å². The molecule has 0 heterocycles. The second-order valence-corrected chi connectivity index (χ2v) is 29.1. The number of nitrogens with one attached hydrogen (secondary N) is 2. The van der Waals surface area contributed by atoms with Crippen molar-refractivity contribution in [3.05, 3.63) is 156 Å². The van der Waals surface area contributed by atoms with Crippen LogP contribution in [0.2, 0.25) is 8.45 Å². The molecular weight excluding hydrogens is 977 g/mol. The number of rotatable bonds is 32. The normalized spacial score (nSPS) is 14.1. The molecule has 0 amide bonds. The monoisotopic (exact) mass is 1050 g/mol. The number of hydrogen-bond acceptors (Lipinski definition) is 4. The number of sulfonamides is 2. The third-order valence-corrected chi connectivity index (χ3v) is 25.4. The molecule has 384 valence electrons. The van der Waals surface area contributed by atoms with Gasteiger partial charge in [-0.3, -0.25) is 0 Å². The molecular formula is C58H74F4N2O4S2Ti. The average molecular weight is 1050 g/mol. The van der Waals surface area contributed by atoms with Gasteiger partial charge in [0.1, 0.15) is 0 Å². The van der Waals surface area contributed by atoms with E-state index in [1.54, 1.807) is 72.9 Å². The van der Waals surface area contributed by atoms with Crippen LogP contribution in [0.1, 0.15) is 153 Å². The van der Waals surface area contributed by atoms with Crippen LogP contribution in [-0.2, 0) is 49.5 Å². The zero-order valence-corrected chi connectivity index (χ0v) is 44.9. The van der Waals surface area contributed by atoms with Gasteiger partial charge in [-0.1, -0.05) is 117 Å². The molecule has 0 spiro atoms. The van der Waals surface area contributed by atoms with E-state index < -0.39 is 87.5 Å². The fourth-order valence-electron chi connectivity index (χ4n) is 10.2. The Morgan fingerprint density at radius 1 is 0.408 bits per heavy atom. The summed E-state index contributed by atoms with van der Waals surface area (Å²) in [6, 6.07) is 16.5. The summed E-state index contributed by atoms with van der Waals surface area (Å²) >= 11 is -5.44. The van der Waals surface area contributed by atoms with Gasteiger partial charge in [-0.2, -0.15) is 0 Å². The first-order valence-electron chi connectivity index (χ1n) is 26.2. The molecule has 0 atom stereocenters. The summed E-state index contributed by atoms with van der Waals surface area (Å²) in [6.45, 7) is 4.43. The summed E-state index contributed by atoms with van der Waals surface area (Å²) in [5, 5.41) is 0. The Kier molecular flexibility index (Phi) is 21.9. The van der Waals surface area contributed by atoms with Gasteiger partial charge in [0.05, 0.1) is 0 Å². The average Bonchev–Trinajstić information content (AvgIpc) is 4.11.